The molecule has 0 aliphatic rings. The van der Waals surface area contributed by atoms with E-state index in [2.05, 4.69) is 41.5 Å². The topological polar surface area (TPSA) is 47.3 Å². The lowest BCUT2D eigenvalue weighted by Crippen LogP contribution is -2.12. The summed E-state index contributed by atoms with van der Waals surface area (Å²) in [6.45, 7) is 4.17. The van der Waals surface area contributed by atoms with Crippen LogP contribution in [0.3, 0.4) is 0 Å². The Bertz CT molecular complexity index is 491. The molecule has 0 radical (unpaired) electrons. The fourth-order valence-corrected chi connectivity index (χ4v) is 1.83. The van der Waals surface area contributed by atoms with Crippen molar-refractivity contribution in [2.75, 3.05) is 7.11 Å². The monoisotopic (exact) mass is 260 g/mol. The summed E-state index contributed by atoms with van der Waals surface area (Å²) in [5.74, 6) is 1.67. The molecule has 1 aromatic carbocycles. The van der Waals surface area contributed by atoms with Crippen molar-refractivity contribution in [1.29, 1.82) is 0 Å². The number of aryl methyl sites for hydroxylation is 1. The average molecular weight is 260 g/mol. The summed E-state index contributed by atoms with van der Waals surface area (Å²) in [6, 6.07) is 8.38. The van der Waals surface area contributed by atoms with E-state index < -0.39 is 0 Å². The zero-order valence-electron chi connectivity index (χ0n) is 11.5. The van der Waals surface area contributed by atoms with Gasteiger partial charge in [-0.2, -0.15) is 0 Å². The second-order valence-corrected chi connectivity index (χ2v) is 4.43. The lowest BCUT2D eigenvalue weighted by Gasteiger charge is -2.04. The Labute approximate surface area is 113 Å². The molecule has 2 rings (SSSR count). The van der Waals surface area contributed by atoms with Gasteiger partial charge in [0, 0.05) is 20.1 Å². The van der Waals surface area contributed by atoms with E-state index in [4.69, 9.17) is 9.15 Å². The number of oxazole rings is 1. The molecule has 1 aromatic heterocycles. The molecular weight excluding hydrogens is 240 g/mol. The zero-order chi connectivity index (χ0) is 13.5. The molecule has 2 aromatic rings. The first-order chi connectivity index (χ1) is 9.31. The molecule has 102 valence electrons. The molecule has 0 saturated carbocycles. The van der Waals surface area contributed by atoms with Crippen molar-refractivity contribution in [3.8, 4) is 0 Å². The van der Waals surface area contributed by atoms with Crippen molar-refractivity contribution in [3.63, 3.8) is 0 Å². The Morgan fingerprint density at radius 2 is 1.89 bits per heavy atom. The Morgan fingerprint density at radius 1 is 1.16 bits per heavy atom. The summed E-state index contributed by atoms with van der Waals surface area (Å²) in [5, 5.41) is 3.32. The van der Waals surface area contributed by atoms with Crippen LogP contribution >= 0.6 is 0 Å². The van der Waals surface area contributed by atoms with Crippen molar-refractivity contribution in [2.24, 2.45) is 0 Å². The Morgan fingerprint density at radius 3 is 2.53 bits per heavy atom. The number of benzene rings is 1. The highest BCUT2D eigenvalue weighted by Gasteiger charge is 2.01. The molecule has 1 heterocycles. The smallest absolute Gasteiger partial charge is 0.208 e. The van der Waals surface area contributed by atoms with E-state index in [1.54, 1.807) is 13.3 Å². The van der Waals surface area contributed by atoms with E-state index in [0.717, 1.165) is 24.6 Å². The Hall–Kier alpha value is -1.65. The van der Waals surface area contributed by atoms with Gasteiger partial charge in [-0.1, -0.05) is 31.2 Å². The lowest BCUT2D eigenvalue weighted by molar-refractivity contribution is 0.185. The van der Waals surface area contributed by atoms with Crippen LogP contribution < -0.4 is 5.32 Å². The number of nitrogens with one attached hydrogen (secondary N) is 1. The molecule has 0 spiro atoms. The second kappa shape index (κ2) is 7.07. The highest BCUT2D eigenvalue weighted by atomic mass is 16.5. The maximum absolute atomic E-state index is 5.53. The molecule has 0 aliphatic carbocycles. The third-order valence-electron chi connectivity index (χ3n) is 2.89. The molecule has 0 fully saturated rings. The van der Waals surface area contributed by atoms with Crippen LogP contribution in [0.2, 0.25) is 0 Å². The number of aromatic nitrogens is 1. The maximum atomic E-state index is 5.53. The predicted molar refractivity (Wildman–Crippen MR) is 73.6 cm³/mol. The fraction of sp³-hybridized carbons (Fsp3) is 0.400. The van der Waals surface area contributed by atoms with Gasteiger partial charge in [0.1, 0.15) is 5.76 Å². The molecule has 0 atom stereocenters. The van der Waals surface area contributed by atoms with Crippen molar-refractivity contribution < 1.29 is 9.15 Å². The molecule has 0 amide bonds. The van der Waals surface area contributed by atoms with Gasteiger partial charge in [0.15, 0.2) is 0 Å². The highest BCUT2D eigenvalue weighted by molar-refractivity contribution is 5.21. The average Bonchev–Trinajstić information content (AvgIpc) is 2.89. The third kappa shape index (κ3) is 4.19. The summed E-state index contributed by atoms with van der Waals surface area (Å²) in [6.07, 6.45) is 2.67. The molecule has 0 bridgehead atoms. The SMILES string of the molecule is CCc1cnc(CNCc2ccc(COC)cc2)o1. The highest BCUT2D eigenvalue weighted by Crippen LogP contribution is 2.07. The van der Waals surface area contributed by atoms with Gasteiger partial charge in [0.2, 0.25) is 5.89 Å². The summed E-state index contributed by atoms with van der Waals surface area (Å²) >= 11 is 0. The van der Waals surface area contributed by atoms with E-state index in [9.17, 15) is 0 Å². The molecule has 1 N–H and O–H groups in total. The van der Waals surface area contributed by atoms with E-state index in [0.29, 0.717) is 13.2 Å². The van der Waals surface area contributed by atoms with Gasteiger partial charge < -0.3 is 14.5 Å². The quantitative estimate of drug-likeness (QED) is 0.831. The van der Waals surface area contributed by atoms with Gasteiger partial charge in [-0.25, -0.2) is 4.98 Å². The van der Waals surface area contributed by atoms with E-state index in [1.165, 1.54) is 11.1 Å². The number of hydrogen-bond donors (Lipinski definition) is 1. The Kier molecular flexibility index (Phi) is 5.12. The molecular formula is C15H20N2O2. The number of rotatable bonds is 7. The van der Waals surface area contributed by atoms with Crippen molar-refractivity contribution in [3.05, 3.63) is 53.2 Å². The van der Waals surface area contributed by atoms with E-state index >= 15 is 0 Å². The summed E-state index contributed by atoms with van der Waals surface area (Å²) in [7, 11) is 1.70. The standard InChI is InChI=1S/C15H20N2O2/c1-3-14-9-17-15(19-14)10-16-8-12-4-6-13(7-5-12)11-18-2/h4-7,9,16H,3,8,10-11H2,1-2H3. The largest absolute Gasteiger partial charge is 0.444 e. The van der Waals surface area contributed by atoms with Crippen LogP contribution in [0.15, 0.2) is 34.9 Å². The van der Waals surface area contributed by atoms with Crippen LogP contribution in [0.5, 0.6) is 0 Å². The minimum absolute atomic E-state index is 0.653. The molecule has 4 nitrogen and oxygen atoms in total. The number of hydrogen-bond acceptors (Lipinski definition) is 4. The third-order valence-corrected chi connectivity index (χ3v) is 2.89. The number of ether oxygens (including phenoxy) is 1. The predicted octanol–water partition coefficient (Wildman–Crippen LogP) is 2.67. The van der Waals surface area contributed by atoms with Crippen molar-refractivity contribution in [2.45, 2.75) is 33.0 Å². The molecule has 0 saturated heterocycles. The maximum Gasteiger partial charge on any atom is 0.208 e. The lowest BCUT2D eigenvalue weighted by atomic mass is 10.1. The Balaban J connectivity index is 1.78. The minimum Gasteiger partial charge on any atom is -0.444 e. The number of nitrogens with zero attached hydrogens (tertiary/aromatic N) is 1. The van der Waals surface area contributed by atoms with Gasteiger partial charge in [-0.05, 0) is 11.1 Å². The minimum atomic E-state index is 0.653. The van der Waals surface area contributed by atoms with Gasteiger partial charge in [0.05, 0.1) is 19.3 Å². The first kappa shape index (κ1) is 13.8. The number of methoxy groups -OCH3 is 1. The van der Waals surface area contributed by atoms with Crippen LogP contribution in [-0.4, -0.2) is 12.1 Å². The van der Waals surface area contributed by atoms with E-state index in [1.807, 2.05) is 0 Å². The van der Waals surface area contributed by atoms with Crippen LogP contribution in [-0.2, 0) is 30.9 Å². The molecule has 0 aliphatic heterocycles. The normalized spacial score (nSPS) is 10.8. The van der Waals surface area contributed by atoms with Gasteiger partial charge >= 0.3 is 0 Å². The van der Waals surface area contributed by atoms with E-state index in [-0.39, 0.29) is 0 Å². The first-order valence-corrected chi connectivity index (χ1v) is 6.53. The zero-order valence-corrected chi connectivity index (χ0v) is 11.5. The second-order valence-electron chi connectivity index (χ2n) is 4.43. The van der Waals surface area contributed by atoms with Crippen LogP contribution in [0.25, 0.3) is 0 Å². The van der Waals surface area contributed by atoms with Gasteiger partial charge in [-0.15, -0.1) is 0 Å². The van der Waals surface area contributed by atoms with Crippen molar-refractivity contribution in [1.82, 2.24) is 10.3 Å². The summed E-state index contributed by atoms with van der Waals surface area (Å²) < 4.78 is 10.6. The molecule has 4 heteroatoms. The van der Waals surface area contributed by atoms with Gasteiger partial charge in [-0.3, -0.25) is 0 Å². The van der Waals surface area contributed by atoms with Crippen molar-refractivity contribution >= 4 is 0 Å². The van der Waals surface area contributed by atoms with Crippen LogP contribution in [0, 0.1) is 0 Å². The first-order valence-electron chi connectivity index (χ1n) is 6.53. The molecule has 19 heavy (non-hydrogen) atoms. The van der Waals surface area contributed by atoms with Crippen LogP contribution in [0.1, 0.15) is 29.7 Å². The van der Waals surface area contributed by atoms with Crippen LogP contribution in [0.4, 0.5) is 0 Å². The summed E-state index contributed by atoms with van der Waals surface area (Å²) in [4.78, 5) is 4.21. The molecule has 0 unspecified atom stereocenters. The van der Waals surface area contributed by atoms with Gasteiger partial charge in [0.25, 0.3) is 0 Å². The summed E-state index contributed by atoms with van der Waals surface area (Å²) in [5.41, 5.74) is 2.42. The fourth-order valence-electron chi connectivity index (χ4n) is 1.83.